The van der Waals surface area contributed by atoms with Crippen LogP contribution in [0, 0.1) is 9.49 Å². The van der Waals surface area contributed by atoms with Crippen LogP contribution in [-0.2, 0) is 42.4 Å². The number of ether oxygens (including phenoxy) is 2. The topological polar surface area (TPSA) is 117 Å². The van der Waals surface area contributed by atoms with Gasteiger partial charge < -0.3 is 29.2 Å². The summed E-state index contributed by atoms with van der Waals surface area (Å²) in [4.78, 5) is 55.1. The predicted octanol–water partition coefficient (Wildman–Crippen LogP) is 4.11. The Morgan fingerprint density at radius 2 is 1.88 bits per heavy atom. The number of hydrogen-bond donors (Lipinski definition) is 2. The van der Waals surface area contributed by atoms with Gasteiger partial charge in [-0.1, -0.05) is 31.2 Å². The molecule has 9 nitrogen and oxygen atoms in total. The number of esters is 1. The van der Waals surface area contributed by atoms with Crippen LogP contribution in [0.25, 0.3) is 0 Å². The Kier molecular flexibility index (Phi) is 9.39. The number of aliphatic hydroxyl groups excluding tert-OH is 1. The maximum atomic E-state index is 14.4. The second-order valence-corrected chi connectivity index (χ2v) is 17.8. The molecule has 3 heterocycles. The standard InChI is InChI=1S/C32H41IN2O7Si/c1-20-30(43(3,4)40)27(17-28(37)35-18-22-10-6-5-9-21(22)15-24(35)19-36)42-32(20)25-16-23(33)12-13-26(25)34(31(32)39)14-8-7-11-29(38)41-2/h5-6,9-10,12-13,16,20,24,27,30,36,40H,7-8,11,14-15,17-19H2,1-4H3/t20-,24+,27+,30-,32+/m1/s1. The van der Waals surface area contributed by atoms with E-state index in [2.05, 4.69) is 22.6 Å². The Hall–Kier alpha value is -2.32. The molecule has 3 aliphatic rings. The zero-order chi connectivity index (χ0) is 31.1. The SMILES string of the molecule is COC(=O)CCCCN1C(=O)[C@@]2(O[C@@H](CC(=O)N3Cc4ccccc4C[C@H]3CO)[C@H]([Si](C)(C)O)[C@H]2C)c2cc(I)ccc21. The summed E-state index contributed by atoms with van der Waals surface area (Å²) in [5, 5.41) is 10.2. The number of halogens is 1. The fourth-order valence-corrected chi connectivity index (χ4v) is 10.5. The second-order valence-electron chi connectivity index (χ2n) is 12.5. The zero-order valence-corrected chi connectivity index (χ0v) is 28.4. The third-order valence-corrected chi connectivity index (χ3v) is 12.6. The normalized spacial score (nSPS) is 26.5. The highest BCUT2D eigenvalue weighted by atomic mass is 127. The number of nitrogens with zero attached hydrogens (tertiary/aromatic N) is 2. The van der Waals surface area contributed by atoms with Gasteiger partial charge in [0.05, 0.1) is 38.0 Å². The molecule has 1 saturated heterocycles. The first kappa shape index (κ1) is 32.1. The molecule has 2 N–H and O–H groups in total. The van der Waals surface area contributed by atoms with Gasteiger partial charge in [-0.05, 0) is 84.3 Å². The van der Waals surface area contributed by atoms with Crippen molar-refractivity contribution < 1.29 is 33.8 Å². The molecule has 1 spiro atoms. The smallest absolute Gasteiger partial charge is 0.305 e. The number of aliphatic hydroxyl groups is 1. The van der Waals surface area contributed by atoms with E-state index in [1.165, 1.54) is 7.11 Å². The average molecular weight is 721 g/mol. The van der Waals surface area contributed by atoms with E-state index in [4.69, 9.17) is 9.47 Å². The fraction of sp³-hybridized carbons (Fsp3) is 0.531. The highest BCUT2D eigenvalue weighted by molar-refractivity contribution is 14.1. The van der Waals surface area contributed by atoms with E-state index >= 15 is 0 Å². The first-order valence-corrected chi connectivity index (χ1v) is 19.1. The lowest BCUT2D eigenvalue weighted by atomic mass is 9.82. The third kappa shape index (κ3) is 5.90. The molecule has 0 unspecified atom stereocenters. The van der Waals surface area contributed by atoms with Crippen molar-refractivity contribution in [1.82, 2.24) is 4.90 Å². The van der Waals surface area contributed by atoms with Gasteiger partial charge in [-0.3, -0.25) is 14.4 Å². The van der Waals surface area contributed by atoms with Crippen molar-refractivity contribution in [3.8, 4) is 0 Å². The lowest BCUT2D eigenvalue weighted by molar-refractivity contribution is -0.151. The number of carbonyl (C=O) groups is 3. The first-order valence-electron chi connectivity index (χ1n) is 15.0. The minimum atomic E-state index is -2.95. The summed E-state index contributed by atoms with van der Waals surface area (Å²) in [5.41, 5.74) is 2.02. The van der Waals surface area contributed by atoms with Crippen LogP contribution in [0.4, 0.5) is 5.69 Å². The van der Waals surface area contributed by atoms with Gasteiger partial charge in [0.2, 0.25) is 5.91 Å². The molecule has 2 aromatic carbocycles. The van der Waals surface area contributed by atoms with Crippen LogP contribution >= 0.6 is 22.6 Å². The molecule has 2 aromatic rings. The molecule has 5 atom stereocenters. The lowest BCUT2D eigenvalue weighted by Gasteiger charge is -2.37. The van der Waals surface area contributed by atoms with Crippen molar-refractivity contribution in [2.75, 3.05) is 25.2 Å². The van der Waals surface area contributed by atoms with Gasteiger partial charge in [0.25, 0.3) is 5.91 Å². The Labute approximate surface area is 267 Å². The molecule has 1 fully saturated rings. The molecule has 0 bridgehead atoms. The number of fused-ring (bicyclic) bond motifs is 3. The van der Waals surface area contributed by atoms with E-state index in [0.29, 0.717) is 32.4 Å². The third-order valence-electron chi connectivity index (χ3n) is 9.45. The fourth-order valence-electron chi connectivity index (χ4n) is 7.44. The van der Waals surface area contributed by atoms with Crippen LogP contribution in [-0.4, -0.2) is 73.3 Å². The molecule has 0 saturated carbocycles. The summed E-state index contributed by atoms with van der Waals surface area (Å²) in [6.45, 7) is 6.34. The quantitative estimate of drug-likeness (QED) is 0.174. The largest absolute Gasteiger partial charge is 0.469 e. The van der Waals surface area contributed by atoms with Gasteiger partial charge >= 0.3 is 5.97 Å². The Morgan fingerprint density at radius 3 is 2.56 bits per heavy atom. The predicted molar refractivity (Wildman–Crippen MR) is 173 cm³/mol. The van der Waals surface area contributed by atoms with Gasteiger partial charge in [-0.15, -0.1) is 0 Å². The average Bonchev–Trinajstić information content (AvgIpc) is 3.40. The number of anilines is 1. The first-order chi connectivity index (χ1) is 20.4. The second kappa shape index (κ2) is 12.6. The number of amides is 2. The van der Waals surface area contributed by atoms with E-state index in [1.54, 1.807) is 9.80 Å². The van der Waals surface area contributed by atoms with Crippen LogP contribution in [0.15, 0.2) is 42.5 Å². The van der Waals surface area contributed by atoms with Crippen LogP contribution < -0.4 is 4.90 Å². The minimum Gasteiger partial charge on any atom is -0.469 e. The maximum Gasteiger partial charge on any atom is 0.305 e. The molecule has 11 heteroatoms. The molecule has 0 aliphatic carbocycles. The molecule has 3 aliphatic heterocycles. The Bertz CT molecular complexity index is 1400. The summed E-state index contributed by atoms with van der Waals surface area (Å²) in [5.74, 6) is -0.998. The van der Waals surface area contributed by atoms with E-state index in [0.717, 1.165) is 25.9 Å². The Balaban J connectivity index is 1.45. The lowest BCUT2D eigenvalue weighted by Crippen LogP contribution is -2.48. The van der Waals surface area contributed by atoms with Crippen molar-refractivity contribution in [3.05, 3.63) is 62.7 Å². The van der Waals surface area contributed by atoms with Crippen molar-refractivity contribution >= 4 is 54.4 Å². The number of hydrogen-bond acceptors (Lipinski definition) is 7. The van der Waals surface area contributed by atoms with Gasteiger partial charge in [0, 0.05) is 40.1 Å². The van der Waals surface area contributed by atoms with Gasteiger partial charge in [-0.2, -0.15) is 0 Å². The molecule has 232 valence electrons. The number of carbonyl (C=O) groups excluding carboxylic acids is 3. The number of benzene rings is 2. The zero-order valence-electron chi connectivity index (χ0n) is 25.2. The van der Waals surface area contributed by atoms with E-state index in [1.807, 2.05) is 62.5 Å². The van der Waals surface area contributed by atoms with Crippen molar-refractivity contribution in [1.29, 1.82) is 0 Å². The highest BCUT2D eigenvalue weighted by Gasteiger charge is 2.66. The summed E-state index contributed by atoms with van der Waals surface area (Å²) in [7, 11) is -1.58. The monoisotopic (exact) mass is 720 g/mol. The summed E-state index contributed by atoms with van der Waals surface area (Å²) < 4.78 is 12.6. The molecular formula is C32H41IN2O7Si. The molecule has 0 aromatic heterocycles. The van der Waals surface area contributed by atoms with Gasteiger partial charge in [0.1, 0.15) is 0 Å². The summed E-state index contributed by atoms with van der Waals surface area (Å²) in [6.07, 6.45) is 1.39. The number of rotatable bonds is 9. The van der Waals surface area contributed by atoms with Crippen LogP contribution in [0.5, 0.6) is 0 Å². The molecule has 2 amide bonds. The Morgan fingerprint density at radius 1 is 1.16 bits per heavy atom. The minimum absolute atomic E-state index is 0.0120. The molecule has 5 rings (SSSR count). The number of unbranched alkanes of at least 4 members (excludes halogenated alkanes) is 1. The summed E-state index contributed by atoms with van der Waals surface area (Å²) >= 11 is 2.23. The van der Waals surface area contributed by atoms with Crippen molar-refractivity contribution in [2.24, 2.45) is 5.92 Å². The van der Waals surface area contributed by atoms with Gasteiger partial charge in [0.15, 0.2) is 13.9 Å². The number of methoxy groups -OCH3 is 1. The van der Waals surface area contributed by atoms with Crippen molar-refractivity contribution in [2.45, 2.75) is 82.0 Å². The van der Waals surface area contributed by atoms with Crippen molar-refractivity contribution in [3.63, 3.8) is 0 Å². The van der Waals surface area contributed by atoms with Crippen LogP contribution in [0.1, 0.15) is 49.3 Å². The van der Waals surface area contributed by atoms with Gasteiger partial charge in [-0.25, -0.2) is 0 Å². The summed E-state index contributed by atoms with van der Waals surface area (Å²) in [6, 6.07) is 13.5. The molecule has 0 radical (unpaired) electrons. The van der Waals surface area contributed by atoms with E-state index in [9.17, 15) is 24.3 Å². The van der Waals surface area contributed by atoms with Crippen LogP contribution in [0.2, 0.25) is 18.6 Å². The van der Waals surface area contributed by atoms with Crippen LogP contribution in [0.3, 0.4) is 0 Å². The van der Waals surface area contributed by atoms with E-state index < -0.39 is 20.0 Å². The van der Waals surface area contributed by atoms with E-state index in [-0.39, 0.29) is 54.7 Å². The molecule has 43 heavy (non-hydrogen) atoms. The highest BCUT2D eigenvalue weighted by Crippen LogP contribution is 2.59. The maximum absolute atomic E-state index is 14.4. The molecular weight excluding hydrogens is 679 g/mol.